The largest absolute Gasteiger partial charge is 0.494 e. The van der Waals surface area contributed by atoms with Crippen molar-refractivity contribution < 1.29 is 18.9 Å². The predicted octanol–water partition coefficient (Wildman–Crippen LogP) is 2.27. The van der Waals surface area contributed by atoms with E-state index in [1.54, 1.807) is 0 Å². The zero-order valence-electron chi connectivity index (χ0n) is 16.0. The molecule has 2 heterocycles. The maximum atomic E-state index is 12.5. The number of rotatable bonds is 3. The third kappa shape index (κ3) is 2.71. The maximum absolute atomic E-state index is 12.5. The molecule has 1 aliphatic carbocycles. The van der Waals surface area contributed by atoms with Gasteiger partial charge in [-0.1, -0.05) is 30.7 Å². The van der Waals surface area contributed by atoms with Gasteiger partial charge in [-0.2, -0.15) is 0 Å². The molecule has 1 aromatic carbocycles. The Kier molecular flexibility index (Phi) is 4.05. The molecule has 2 amide bonds. The third-order valence-electron chi connectivity index (χ3n) is 6.53. The summed E-state index contributed by atoms with van der Waals surface area (Å²) in [5, 5.41) is 0. The summed E-state index contributed by atoms with van der Waals surface area (Å²) in [4.78, 5) is 26.4. The molecule has 0 aromatic heterocycles. The Morgan fingerprint density at radius 1 is 0.962 bits per heavy atom. The third-order valence-corrected chi connectivity index (χ3v) is 6.53. The van der Waals surface area contributed by atoms with Crippen molar-refractivity contribution >= 4 is 24.4 Å². The number of likely N-dealkylation sites (tertiary alicyclic amines) is 1. The molecule has 0 bridgehead atoms. The number of carbonyl (C=O) groups is 2. The van der Waals surface area contributed by atoms with Crippen molar-refractivity contribution in [2.75, 3.05) is 0 Å². The van der Waals surface area contributed by atoms with Crippen LogP contribution in [-0.4, -0.2) is 35.0 Å². The van der Waals surface area contributed by atoms with E-state index in [0.717, 1.165) is 30.3 Å². The summed E-state index contributed by atoms with van der Waals surface area (Å²) in [7, 11) is -0.400. The number of fused-ring (bicyclic) bond motifs is 1. The van der Waals surface area contributed by atoms with Crippen molar-refractivity contribution in [1.29, 1.82) is 0 Å². The Bertz CT molecular complexity index is 705. The molecule has 6 heteroatoms. The minimum absolute atomic E-state index is 0.00698. The van der Waals surface area contributed by atoms with Crippen molar-refractivity contribution in [3.8, 4) is 0 Å². The van der Waals surface area contributed by atoms with Gasteiger partial charge < -0.3 is 9.31 Å². The highest BCUT2D eigenvalue weighted by Gasteiger charge is 2.52. The lowest BCUT2D eigenvalue weighted by Gasteiger charge is -2.32. The highest BCUT2D eigenvalue weighted by Crippen LogP contribution is 2.40. The van der Waals surface area contributed by atoms with Gasteiger partial charge in [-0.3, -0.25) is 14.5 Å². The van der Waals surface area contributed by atoms with Crippen molar-refractivity contribution in [2.24, 2.45) is 11.8 Å². The van der Waals surface area contributed by atoms with Gasteiger partial charge in [-0.15, -0.1) is 0 Å². The molecule has 3 aliphatic rings. The van der Waals surface area contributed by atoms with Gasteiger partial charge in [0.25, 0.3) is 0 Å². The van der Waals surface area contributed by atoms with Crippen LogP contribution in [0.25, 0.3) is 0 Å². The van der Waals surface area contributed by atoms with Crippen LogP contribution in [0, 0.1) is 11.8 Å². The van der Waals surface area contributed by atoms with E-state index >= 15 is 0 Å². The van der Waals surface area contributed by atoms with Crippen LogP contribution in [0.5, 0.6) is 0 Å². The van der Waals surface area contributed by atoms with Gasteiger partial charge in [-0.25, -0.2) is 0 Å². The van der Waals surface area contributed by atoms with Crippen LogP contribution in [0.1, 0.15) is 52.5 Å². The number of hydrogen-bond acceptors (Lipinski definition) is 4. The van der Waals surface area contributed by atoms with Crippen molar-refractivity contribution in [3.05, 3.63) is 29.8 Å². The second kappa shape index (κ2) is 5.93. The predicted molar refractivity (Wildman–Crippen MR) is 98.5 cm³/mol. The van der Waals surface area contributed by atoms with Crippen LogP contribution >= 0.6 is 0 Å². The lowest BCUT2D eigenvalue weighted by Crippen LogP contribution is -2.41. The zero-order valence-corrected chi connectivity index (χ0v) is 16.0. The molecule has 2 aliphatic heterocycles. The summed E-state index contributed by atoms with van der Waals surface area (Å²) in [5.41, 5.74) is 1.15. The monoisotopic (exact) mass is 355 g/mol. The van der Waals surface area contributed by atoms with E-state index in [9.17, 15) is 9.59 Å². The normalized spacial score (nSPS) is 29.5. The number of benzene rings is 1. The minimum Gasteiger partial charge on any atom is -0.399 e. The van der Waals surface area contributed by atoms with Crippen LogP contribution in [0.3, 0.4) is 0 Å². The Hall–Kier alpha value is -1.66. The van der Waals surface area contributed by atoms with E-state index in [2.05, 4.69) is 0 Å². The fourth-order valence-corrected chi connectivity index (χ4v) is 4.16. The van der Waals surface area contributed by atoms with E-state index in [0.29, 0.717) is 6.54 Å². The molecular weight excluding hydrogens is 329 g/mol. The standard InChI is InChI=1S/C20H26BNO4/c1-19(2)20(3,4)26-21(25-19)14-10-8-13(9-11-14)12-22-17(23)15-6-5-7-16(15)18(22)24/h8-11,15-16H,5-7,12H2,1-4H3. The average Bonchev–Trinajstić information content (AvgIpc) is 3.20. The van der Waals surface area contributed by atoms with Crippen molar-refractivity contribution in [2.45, 2.75) is 64.7 Å². The highest BCUT2D eigenvalue weighted by molar-refractivity contribution is 6.62. The van der Waals surface area contributed by atoms with Crippen LogP contribution in [0.15, 0.2) is 24.3 Å². The fraction of sp³-hybridized carbons (Fsp3) is 0.600. The van der Waals surface area contributed by atoms with Gasteiger partial charge in [0, 0.05) is 0 Å². The van der Waals surface area contributed by atoms with E-state index < -0.39 is 7.12 Å². The minimum atomic E-state index is -0.400. The van der Waals surface area contributed by atoms with Crippen LogP contribution < -0.4 is 5.46 Å². The summed E-state index contributed by atoms with van der Waals surface area (Å²) in [6.07, 6.45) is 2.70. The molecule has 26 heavy (non-hydrogen) atoms. The Morgan fingerprint density at radius 2 is 1.46 bits per heavy atom. The van der Waals surface area contributed by atoms with Gasteiger partial charge in [0.1, 0.15) is 0 Å². The van der Waals surface area contributed by atoms with Crippen molar-refractivity contribution in [3.63, 3.8) is 0 Å². The topological polar surface area (TPSA) is 55.8 Å². The van der Waals surface area contributed by atoms with Gasteiger partial charge in [-0.05, 0) is 51.6 Å². The SMILES string of the molecule is CC1(C)OB(c2ccc(CN3C(=O)C4CCCC4C3=O)cc2)OC1(C)C. The number of imide groups is 1. The second-order valence-corrected chi connectivity index (χ2v) is 8.74. The summed E-state index contributed by atoms with van der Waals surface area (Å²) in [6.45, 7) is 8.48. The quantitative estimate of drug-likeness (QED) is 0.617. The maximum Gasteiger partial charge on any atom is 0.494 e. The summed E-state index contributed by atoms with van der Waals surface area (Å²) < 4.78 is 12.1. The van der Waals surface area contributed by atoms with E-state index in [1.165, 1.54) is 4.90 Å². The van der Waals surface area contributed by atoms with E-state index in [1.807, 2.05) is 52.0 Å². The summed E-state index contributed by atoms with van der Waals surface area (Å²) in [5.74, 6) is -0.141. The molecule has 1 aromatic rings. The molecule has 0 spiro atoms. The first kappa shape index (κ1) is 17.7. The van der Waals surface area contributed by atoms with Crippen LogP contribution in [-0.2, 0) is 25.4 Å². The first-order valence-corrected chi connectivity index (χ1v) is 9.49. The summed E-state index contributed by atoms with van der Waals surface area (Å²) >= 11 is 0. The molecule has 3 fully saturated rings. The molecule has 2 atom stereocenters. The number of nitrogens with zero attached hydrogens (tertiary/aromatic N) is 1. The molecule has 2 saturated heterocycles. The first-order chi connectivity index (χ1) is 12.2. The average molecular weight is 355 g/mol. The second-order valence-electron chi connectivity index (χ2n) is 8.74. The molecule has 4 rings (SSSR count). The summed E-state index contributed by atoms with van der Waals surface area (Å²) in [6, 6.07) is 7.83. The smallest absolute Gasteiger partial charge is 0.399 e. The van der Waals surface area contributed by atoms with Gasteiger partial charge in [0.2, 0.25) is 11.8 Å². The molecule has 1 saturated carbocycles. The molecule has 5 nitrogen and oxygen atoms in total. The van der Waals surface area contributed by atoms with Crippen molar-refractivity contribution in [1.82, 2.24) is 4.90 Å². The Balaban J connectivity index is 1.46. The van der Waals surface area contributed by atoms with E-state index in [-0.39, 0.29) is 34.9 Å². The lowest BCUT2D eigenvalue weighted by atomic mass is 9.79. The number of amides is 2. The van der Waals surface area contributed by atoms with Gasteiger partial charge >= 0.3 is 7.12 Å². The molecular formula is C20H26BNO4. The van der Waals surface area contributed by atoms with Crippen LogP contribution in [0.4, 0.5) is 0 Å². The number of hydrogen-bond donors (Lipinski definition) is 0. The molecule has 0 N–H and O–H groups in total. The van der Waals surface area contributed by atoms with Crippen LogP contribution in [0.2, 0.25) is 0 Å². The fourth-order valence-electron chi connectivity index (χ4n) is 4.16. The van der Waals surface area contributed by atoms with E-state index in [4.69, 9.17) is 9.31 Å². The highest BCUT2D eigenvalue weighted by atomic mass is 16.7. The Morgan fingerprint density at radius 3 is 1.96 bits per heavy atom. The van der Waals surface area contributed by atoms with Gasteiger partial charge in [0.05, 0.1) is 29.6 Å². The zero-order chi connectivity index (χ0) is 18.7. The lowest BCUT2D eigenvalue weighted by molar-refractivity contribution is -0.141. The molecule has 0 radical (unpaired) electrons. The first-order valence-electron chi connectivity index (χ1n) is 9.49. The number of carbonyl (C=O) groups excluding carboxylic acids is 2. The Labute approximate surface area is 155 Å². The molecule has 2 unspecified atom stereocenters. The molecule has 138 valence electrons. The van der Waals surface area contributed by atoms with Gasteiger partial charge in [0.15, 0.2) is 0 Å².